The molecule has 172 valence electrons. The Labute approximate surface area is 189 Å². The molecule has 0 N–H and O–H groups in total. The molecule has 2 saturated heterocycles. The van der Waals surface area contributed by atoms with Crippen LogP contribution in [-0.4, -0.2) is 80.6 Å². The summed E-state index contributed by atoms with van der Waals surface area (Å²) in [5.74, 6) is 2.02. The molecule has 0 saturated carbocycles. The van der Waals surface area contributed by atoms with E-state index in [2.05, 4.69) is 44.9 Å². The fraction of sp³-hybridized carbons (Fsp3) is 0.565. The van der Waals surface area contributed by atoms with Crippen LogP contribution in [0.1, 0.15) is 17.0 Å². The lowest BCUT2D eigenvalue weighted by Gasteiger charge is -2.28. The number of hydrogen-bond donors (Lipinski definition) is 0. The molecule has 2 aliphatic heterocycles. The molecule has 0 bridgehead atoms. The van der Waals surface area contributed by atoms with Gasteiger partial charge in [-0.1, -0.05) is 6.07 Å². The van der Waals surface area contributed by atoms with E-state index in [4.69, 9.17) is 19.2 Å². The molecule has 2 aliphatic rings. The first-order valence-corrected chi connectivity index (χ1v) is 11.3. The number of anilines is 1. The summed E-state index contributed by atoms with van der Waals surface area (Å²) >= 11 is 0. The van der Waals surface area contributed by atoms with Gasteiger partial charge in [0.25, 0.3) is 0 Å². The lowest BCUT2D eigenvalue weighted by atomic mass is 10.1. The summed E-state index contributed by atoms with van der Waals surface area (Å²) in [4.78, 5) is 13.8. The largest absolute Gasteiger partial charge is 0.476 e. The molecule has 1 aromatic carbocycles. The molecule has 2 aromatic rings. The van der Waals surface area contributed by atoms with Crippen LogP contribution in [0.25, 0.3) is 0 Å². The fourth-order valence-electron chi connectivity index (χ4n) is 3.63. The van der Waals surface area contributed by atoms with Gasteiger partial charge in [-0.2, -0.15) is 15.2 Å². The Morgan fingerprint density at radius 3 is 2.44 bits per heavy atom. The quantitative estimate of drug-likeness (QED) is 0.584. The summed E-state index contributed by atoms with van der Waals surface area (Å²) in [6, 6.07) is 7.97. The van der Waals surface area contributed by atoms with Crippen LogP contribution in [0.5, 0.6) is 5.88 Å². The van der Waals surface area contributed by atoms with Crippen molar-refractivity contribution >= 4 is 11.5 Å². The fourth-order valence-corrected chi connectivity index (χ4v) is 3.63. The van der Waals surface area contributed by atoms with Gasteiger partial charge in [-0.25, -0.2) is 4.98 Å². The third-order valence-electron chi connectivity index (χ3n) is 5.72. The SMILES string of the molecule is Cc1ccc(N=NCc2nc(OCCN3CCOCC3)cc(N3CCOCC3)n2)cc1C. The Kier molecular flexibility index (Phi) is 7.97. The van der Waals surface area contributed by atoms with Gasteiger partial charge >= 0.3 is 0 Å². The van der Waals surface area contributed by atoms with Crippen LogP contribution in [0.15, 0.2) is 34.5 Å². The van der Waals surface area contributed by atoms with Crippen molar-refractivity contribution in [3.05, 3.63) is 41.2 Å². The summed E-state index contributed by atoms with van der Waals surface area (Å²) in [7, 11) is 0. The molecule has 0 aliphatic carbocycles. The number of nitrogens with zero attached hydrogens (tertiary/aromatic N) is 6. The Balaban J connectivity index is 1.43. The minimum absolute atomic E-state index is 0.297. The van der Waals surface area contributed by atoms with Crippen LogP contribution in [0.3, 0.4) is 0 Å². The first kappa shape index (κ1) is 22.6. The van der Waals surface area contributed by atoms with E-state index in [-0.39, 0.29) is 0 Å². The van der Waals surface area contributed by atoms with E-state index in [0.717, 1.165) is 57.4 Å². The number of azo groups is 1. The van der Waals surface area contributed by atoms with Gasteiger partial charge in [-0.05, 0) is 37.1 Å². The normalized spacial score (nSPS) is 17.8. The molecule has 0 amide bonds. The Morgan fingerprint density at radius 2 is 1.69 bits per heavy atom. The van der Waals surface area contributed by atoms with E-state index in [1.54, 1.807) is 0 Å². The minimum atomic E-state index is 0.297. The summed E-state index contributed by atoms with van der Waals surface area (Å²) in [5.41, 5.74) is 3.27. The molecule has 2 fully saturated rings. The van der Waals surface area contributed by atoms with Crippen molar-refractivity contribution in [2.75, 3.05) is 70.7 Å². The Morgan fingerprint density at radius 1 is 0.938 bits per heavy atom. The van der Waals surface area contributed by atoms with Crippen LogP contribution >= 0.6 is 0 Å². The van der Waals surface area contributed by atoms with Crippen molar-refractivity contribution in [3.63, 3.8) is 0 Å². The van der Waals surface area contributed by atoms with Gasteiger partial charge in [0.15, 0.2) is 5.82 Å². The van der Waals surface area contributed by atoms with Gasteiger partial charge in [0, 0.05) is 38.8 Å². The Bertz CT molecular complexity index is 911. The molecule has 0 spiro atoms. The highest BCUT2D eigenvalue weighted by atomic mass is 16.5. The Hall–Kier alpha value is -2.62. The number of aromatic nitrogens is 2. The lowest BCUT2D eigenvalue weighted by molar-refractivity contribution is 0.0320. The maximum absolute atomic E-state index is 6.01. The van der Waals surface area contributed by atoms with Gasteiger partial charge in [0.05, 0.1) is 32.1 Å². The molecule has 32 heavy (non-hydrogen) atoms. The zero-order valence-electron chi connectivity index (χ0n) is 19.0. The molecule has 0 radical (unpaired) electrons. The van der Waals surface area contributed by atoms with Crippen LogP contribution in [-0.2, 0) is 16.0 Å². The summed E-state index contributed by atoms with van der Waals surface area (Å²) in [5, 5.41) is 8.69. The first-order valence-electron chi connectivity index (χ1n) is 11.3. The van der Waals surface area contributed by atoms with E-state index in [1.807, 2.05) is 18.2 Å². The molecular formula is C23H32N6O3. The van der Waals surface area contributed by atoms with E-state index in [1.165, 1.54) is 11.1 Å². The van der Waals surface area contributed by atoms with Crippen molar-refractivity contribution in [1.82, 2.24) is 14.9 Å². The van der Waals surface area contributed by atoms with Crippen LogP contribution in [0.2, 0.25) is 0 Å². The third-order valence-corrected chi connectivity index (χ3v) is 5.72. The molecule has 9 heteroatoms. The maximum Gasteiger partial charge on any atom is 0.218 e. The highest BCUT2D eigenvalue weighted by Crippen LogP contribution is 2.21. The second-order valence-corrected chi connectivity index (χ2v) is 8.05. The second-order valence-electron chi connectivity index (χ2n) is 8.05. The predicted molar refractivity (Wildman–Crippen MR) is 122 cm³/mol. The van der Waals surface area contributed by atoms with Gasteiger partial charge in [-0.3, -0.25) is 4.90 Å². The summed E-state index contributed by atoms with van der Waals surface area (Å²) < 4.78 is 16.9. The van der Waals surface area contributed by atoms with Gasteiger partial charge in [0.1, 0.15) is 19.0 Å². The number of benzene rings is 1. The highest BCUT2D eigenvalue weighted by Gasteiger charge is 2.16. The molecule has 9 nitrogen and oxygen atoms in total. The standard InChI is InChI=1S/C23H32N6O3/c1-18-3-4-20(15-19(18)2)27-24-17-21-25-22(29-8-12-31-13-9-29)16-23(26-21)32-14-7-28-5-10-30-11-6-28/h3-4,15-16H,5-14,17H2,1-2H3. The van der Waals surface area contributed by atoms with Crippen LogP contribution in [0, 0.1) is 13.8 Å². The summed E-state index contributed by atoms with van der Waals surface area (Å²) in [6.07, 6.45) is 0. The lowest BCUT2D eigenvalue weighted by Crippen LogP contribution is -2.38. The van der Waals surface area contributed by atoms with Gasteiger partial charge in [0.2, 0.25) is 5.88 Å². The molecule has 4 rings (SSSR count). The predicted octanol–water partition coefficient (Wildman–Crippen LogP) is 2.92. The number of morpholine rings is 2. The molecule has 0 atom stereocenters. The smallest absolute Gasteiger partial charge is 0.218 e. The van der Waals surface area contributed by atoms with E-state index >= 15 is 0 Å². The topological polar surface area (TPSA) is 84.7 Å². The third kappa shape index (κ3) is 6.44. The second kappa shape index (κ2) is 11.3. The number of ether oxygens (including phenoxy) is 3. The maximum atomic E-state index is 6.01. The monoisotopic (exact) mass is 440 g/mol. The number of rotatable bonds is 8. The van der Waals surface area contributed by atoms with Crippen molar-refractivity contribution < 1.29 is 14.2 Å². The van der Waals surface area contributed by atoms with Crippen molar-refractivity contribution in [3.8, 4) is 5.88 Å². The van der Waals surface area contributed by atoms with Crippen LogP contribution in [0.4, 0.5) is 11.5 Å². The molecule has 3 heterocycles. The average Bonchev–Trinajstić information content (AvgIpc) is 2.83. The zero-order chi connectivity index (χ0) is 22.2. The van der Waals surface area contributed by atoms with E-state index in [0.29, 0.717) is 38.1 Å². The summed E-state index contributed by atoms with van der Waals surface area (Å²) in [6.45, 7) is 12.3. The van der Waals surface area contributed by atoms with Crippen molar-refractivity contribution in [1.29, 1.82) is 0 Å². The van der Waals surface area contributed by atoms with Crippen molar-refractivity contribution in [2.24, 2.45) is 10.2 Å². The van der Waals surface area contributed by atoms with Gasteiger partial charge < -0.3 is 19.1 Å². The van der Waals surface area contributed by atoms with Gasteiger partial charge in [-0.15, -0.1) is 0 Å². The highest BCUT2D eigenvalue weighted by molar-refractivity contribution is 5.43. The van der Waals surface area contributed by atoms with Crippen molar-refractivity contribution in [2.45, 2.75) is 20.4 Å². The minimum Gasteiger partial charge on any atom is -0.476 e. The molecular weight excluding hydrogens is 408 g/mol. The first-order chi connectivity index (χ1) is 15.7. The number of hydrogen-bond acceptors (Lipinski definition) is 9. The zero-order valence-corrected chi connectivity index (χ0v) is 19.0. The van der Waals surface area contributed by atoms with Crippen LogP contribution < -0.4 is 9.64 Å². The molecule has 1 aromatic heterocycles. The molecule has 0 unspecified atom stereocenters. The average molecular weight is 441 g/mol. The number of aryl methyl sites for hydroxylation is 2. The van der Waals surface area contributed by atoms with E-state index < -0.39 is 0 Å². The van der Waals surface area contributed by atoms with E-state index in [9.17, 15) is 0 Å².